The lowest BCUT2D eigenvalue weighted by Gasteiger charge is -2.00. The van der Waals surface area contributed by atoms with E-state index in [0.717, 1.165) is 0 Å². The zero-order valence-corrected chi connectivity index (χ0v) is 8.96. The Balaban J connectivity index is 2.06. The molecule has 0 unspecified atom stereocenters. The molecule has 0 saturated heterocycles. The second-order valence-corrected chi connectivity index (χ2v) is 4.50. The second kappa shape index (κ2) is 5.06. The van der Waals surface area contributed by atoms with Crippen molar-refractivity contribution in [2.75, 3.05) is 0 Å². The minimum atomic E-state index is 1.21. The molecule has 0 N–H and O–H groups in total. The van der Waals surface area contributed by atoms with E-state index in [1.54, 1.807) is 0 Å². The van der Waals surface area contributed by atoms with Gasteiger partial charge < -0.3 is 0 Å². The SMILES string of the molecule is C1=CC(Sc2ccccc2)=CCCC1. The molecule has 0 heterocycles. The van der Waals surface area contributed by atoms with E-state index in [2.05, 4.69) is 48.6 Å². The molecule has 0 spiro atoms. The van der Waals surface area contributed by atoms with Gasteiger partial charge >= 0.3 is 0 Å². The molecular weight excluding hydrogens is 188 g/mol. The molecule has 0 fully saturated rings. The standard InChI is InChI=1S/C13H14S/c1-2-5-9-12(8-4-1)14-13-10-6-3-7-11-13/h3-4,6-11H,1-2,5H2. The van der Waals surface area contributed by atoms with E-state index < -0.39 is 0 Å². The number of hydrogen-bond donors (Lipinski definition) is 0. The van der Waals surface area contributed by atoms with Crippen molar-refractivity contribution in [2.24, 2.45) is 0 Å². The van der Waals surface area contributed by atoms with Gasteiger partial charge in [0.15, 0.2) is 0 Å². The van der Waals surface area contributed by atoms with Gasteiger partial charge in [-0.3, -0.25) is 0 Å². The van der Waals surface area contributed by atoms with E-state index in [9.17, 15) is 0 Å². The monoisotopic (exact) mass is 202 g/mol. The Kier molecular flexibility index (Phi) is 3.47. The fourth-order valence-corrected chi connectivity index (χ4v) is 2.38. The molecule has 0 nitrogen and oxygen atoms in total. The highest BCUT2D eigenvalue weighted by molar-refractivity contribution is 8.03. The average Bonchev–Trinajstić information content (AvgIpc) is 2.48. The van der Waals surface area contributed by atoms with Crippen LogP contribution in [-0.4, -0.2) is 0 Å². The molecule has 1 aromatic carbocycles. The lowest BCUT2D eigenvalue weighted by molar-refractivity contribution is 0.875. The lowest BCUT2D eigenvalue weighted by Crippen LogP contribution is -1.72. The summed E-state index contributed by atoms with van der Waals surface area (Å²) in [4.78, 5) is 2.71. The van der Waals surface area contributed by atoms with Crippen molar-refractivity contribution in [3.63, 3.8) is 0 Å². The summed E-state index contributed by atoms with van der Waals surface area (Å²) in [6.07, 6.45) is 10.6. The van der Waals surface area contributed by atoms with Gasteiger partial charge in [0.1, 0.15) is 0 Å². The second-order valence-electron chi connectivity index (χ2n) is 3.35. The van der Waals surface area contributed by atoms with Gasteiger partial charge in [-0.2, -0.15) is 0 Å². The van der Waals surface area contributed by atoms with E-state index in [1.807, 2.05) is 11.8 Å². The molecule has 0 atom stereocenters. The van der Waals surface area contributed by atoms with Crippen molar-refractivity contribution in [1.82, 2.24) is 0 Å². The molecule has 0 bridgehead atoms. The third kappa shape index (κ3) is 2.78. The highest BCUT2D eigenvalue weighted by Crippen LogP contribution is 2.29. The van der Waals surface area contributed by atoms with E-state index in [0.29, 0.717) is 0 Å². The van der Waals surface area contributed by atoms with Crippen LogP contribution < -0.4 is 0 Å². The van der Waals surface area contributed by atoms with Gasteiger partial charge in [0.05, 0.1) is 0 Å². The normalized spacial score (nSPS) is 16.1. The topological polar surface area (TPSA) is 0 Å². The van der Waals surface area contributed by atoms with Gasteiger partial charge in [0.2, 0.25) is 0 Å². The number of thioether (sulfide) groups is 1. The minimum absolute atomic E-state index is 1.21. The molecule has 72 valence electrons. The fraction of sp³-hybridized carbons (Fsp3) is 0.231. The van der Waals surface area contributed by atoms with Crippen LogP contribution in [0.4, 0.5) is 0 Å². The molecule has 14 heavy (non-hydrogen) atoms. The summed E-state index contributed by atoms with van der Waals surface area (Å²) >= 11 is 1.85. The van der Waals surface area contributed by atoms with Gasteiger partial charge in [-0.25, -0.2) is 0 Å². The molecule has 0 saturated carbocycles. The maximum atomic E-state index is 2.33. The number of benzene rings is 1. The first-order chi connectivity index (χ1) is 6.95. The molecule has 1 aliphatic rings. The van der Waals surface area contributed by atoms with Crippen LogP contribution in [0.5, 0.6) is 0 Å². The van der Waals surface area contributed by atoms with Gasteiger partial charge in [0.25, 0.3) is 0 Å². The van der Waals surface area contributed by atoms with Crippen molar-refractivity contribution in [3.8, 4) is 0 Å². The Morgan fingerprint density at radius 2 is 1.86 bits per heavy atom. The summed E-state index contributed by atoms with van der Waals surface area (Å²) in [5.41, 5.74) is 0. The third-order valence-corrected chi connectivity index (χ3v) is 3.23. The summed E-state index contributed by atoms with van der Waals surface area (Å²) in [6, 6.07) is 10.5. The van der Waals surface area contributed by atoms with E-state index in [-0.39, 0.29) is 0 Å². The summed E-state index contributed by atoms with van der Waals surface area (Å²) in [7, 11) is 0. The van der Waals surface area contributed by atoms with Gasteiger partial charge in [-0.15, -0.1) is 0 Å². The predicted octanol–water partition coefficient (Wildman–Crippen LogP) is 4.40. The summed E-state index contributed by atoms with van der Waals surface area (Å²) in [5.74, 6) is 0. The van der Waals surface area contributed by atoms with E-state index in [4.69, 9.17) is 0 Å². The first-order valence-electron chi connectivity index (χ1n) is 5.05. The first-order valence-corrected chi connectivity index (χ1v) is 5.86. The number of rotatable bonds is 2. The fourth-order valence-electron chi connectivity index (χ4n) is 1.45. The van der Waals surface area contributed by atoms with Gasteiger partial charge in [-0.1, -0.05) is 48.2 Å². The van der Waals surface area contributed by atoms with Crippen LogP contribution in [0, 0.1) is 0 Å². The van der Waals surface area contributed by atoms with Crippen molar-refractivity contribution in [2.45, 2.75) is 24.2 Å². The maximum Gasteiger partial charge on any atom is 0.0122 e. The smallest absolute Gasteiger partial charge is 0.0122 e. The van der Waals surface area contributed by atoms with Crippen molar-refractivity contribution in [3.05, 3.63) is 53.5 Å². The molecule has 0 radical (unpaired) electrons. The number of allylic oxidation sites excluding steroid dienone is 3. The molecule has 1 aromatic rings. The van der Waals surface area contributed by atoms with Crippen LogP contribution in [0.1, 0.15) is 19.3 Å². The lowest BCUT2D eigenvalue weighted by atomic mass is 10.2. The van der Waals surface area contributed by atoms with E-state index >= 15 is 0 Å². The molecule has 1 aliphatic carbocycles. The highest BCUT2D eigenvalue weighted by Gasteiger charge is 1.98. The van der Waals surface area contributed by atoms with Crippen LogP contribution in [0.3, 0.4) is 0 Å². The van der Waals surface area contributed by atoms with Crippen LogP contribution >= 0.6 is 11.8 Å². The van der Waals surface area contributed by atoms with Gasteiger partial charge in [0, 0.05) is 9.80 Å². The molecule has 2 rings (SSSR count). The van der Waals surface area contributed by atoms with Crippen LogP contribution in [0.2, 0.25) is 0 Å². The van der Waals surface area contributed by atoms with Crippen LogP contribution in [0.25, 0.3) is 0 Å². The number of hydrogen-bond acceptors (Lipinski definition) is 1. The zero-order chi connectivity index (χ0) is 9.64. The van der Waals surface area contributed by atoms with E-state index in [1.165, 1.54) is 29.1 Å². The van der Waals surface area contributed by atoms with Crippen LogP contribution in [0.15, 0.2) is 58.4 Å². The molecule has 0 aromatic heterocycles. The average molecular weight is 202 g/mol. The third-order valence-electron chi connectivity index (χ3n) is 2.18. The molecule has 1 heteroatoms. The van der Waals surface area contributed by atoms with Crippen molar-refractivity contribution >= 4 is 11.8 Å². The van der Waals surface area contributed by atoms with Crippen LogP contribution in [-0.2, 0) is 0 Å². The Labute approximate surface area is 89.7 Å². The quantitative estimate of drug-likeness (QED) is 0.685. The predicted molar refractivity (Wildman–Crippen MR) is 63.4 cm³/mol. The Morgan fingerprint density at radius 1 is 1.00 bits per heavy atom. The first kappa shape index (κ1) is 9.60. The Morgan fingerprint density at radius 3 is 2.71 bits per heavy atom. The minimum Gasteiger partial charge on any atom is -0.0905 e. The summed E-state index contributed by atoms with van der Waals surface area (Å²) in [5, 5.41) is 0. The molecule has 0 amide bonds. The molecule has 0 aliphatic heterocycles. The zero-order valence-electron chi connectivity index (χ0n) is 8.15. The molecular formula is C13H14S. The van der Waals surface area contributed by atoms with Crippen molar-refractivity contribution < 1.29 is 0 Å². The Bertz CT molecular complexity index is 336. The van der Waals surface area contributed by atoms with Gasteiger partial charge in [-0.05, 0) is 31.4 Å². The largest absolute Gasteiger partial charge is 0.0905 e. The maximum absolute atomic E-state index is 2.33. The summed E-state index contributed by atoms with van der Waals surface area (Å²) in [6.45, 7) is 0. The Hall–Kier alpha value is -0.950. The summed E-state index contributed by atoms with van der Waals surface area (Å²) < 4.78 is 0. The highest BCUT2D eigenvalue weighted by atomic mass is 32.2. The van der Waals surface area contributed by atoms with Crippen molar-refractivity contribution in [1.29, 1.82) is 0 Å².